The predicted octanol–water partition coefficient (Wildman–Crippen LogP) is 5.94. The smallest absolute Gasteiger partial charge is 0.258 e. The van der Waals surface area contributed by atoms with Gasteiger partial charge in [0, 0.05) is 34.8 Å². The number of fused-ring (bicyclic) bond motifs is 1. The van der Waals surface area contributed by atoms with Crippen LogP contribution >= 0.6 is 11.6 Å². The molecule has 1 aromatic heterocycles. The van der Waals surface area contributed by atoms with Gasteiger partial charge in [-0.1, -0.05) is 54.1 Å². The van der Waals surface area contributed by atoms with Crippen molar-refractivity contribution in [2.45, 2.75) is 26.3 Å². The second-order valence-corrected chi connectivity index (χ2v) is 8.83. The maximum atomic E-state index is 13.4. The molecule has 7 heteroatoms. The molecule has 0 spiro atoms. The summed E-state index contributed by atoms with van der Waals surface area (Å²) in [6, 6.07) is 22.4. The van der Waals surface area contributed by atoms with E-state index < -0.39 is 0 Å². The van der Waals surface area contributed by atoms with Crippen LogP contribution in [0.2, 0.25) is 5.02 Å². The van der Waals surface area contributed by atoms with E-state index in [-0.39, 0.29) is 17.5 Å². The summed E-state index contributed by atoms with van der Waals surface area (Å²) in [7, 11) is 0. The number of hydrogen-bond donors (Lipinski definition) is 1. The molecule has 6 nitrogen and oxygen atoms in total. The monoisotopic (exact) mass is 485 g/mol. The quantitative estimate of drug-likeness (QED) is 0.380. The number of aromatic nitrogens is 1. The Morgan fingerprint density at radius 2 is 1.77 bits per heavy atom. The predicted molar refractivity (Wildman–Crippen MR) is 139 cm³/mol. The van der Waals surface area contributed by atoms with Crippen LogP contribution in [0.1, 0.15) is 37.4 Å². The van der Waals surface area contributed by atoms with E-state index in [9.17, 15) is 9.59 Å². The van der Waals surface area contributed by atoms with Crippen molar-refractivity contribution in [2.24, 2.45) is 5.10 Å². The summed E-state index contributed by atoms with van der Waals surface area (Å²) < 4.78 is 5.55. The normalized spacial score (nSPS) is 15.3. The highest BCUT2D eigenvalue weighted by Crippen LogP contribution is 2.37. The van der Waals surface area contributed by atoms with Gasteiger partial charge in [-0.15, -0.1) is 0 Å². The van der Waals surface area contributed by atoms with Crippen LogP contribution in [-0.2, 0) is 4.79 Å². The minimum Gasteiger partial charge on any atom is -0.494 e. The summed E-state index contributed by atoms with van der Waals surface area (Å²) in [6.45, 7) is 3.99. The number of H-pyrrole nitrogens is 1. The van der Waals surface area contributed by atoms with E-state index in [4.69, 9.17) is 16.3 Å². The number of halogens is 1. The molecule has 1 aliphatic heterocycles. The van der Waals surface area contributed by atoms with Gasteiger partial charge in [-0.25, -0.2) is 5.01 Å². The summed E-state index contributed by atoms with van der Waals surface area (Å²) >= 11 is 6.14. The molecule has 0 radical (unpaired) electrons. The number of rotatable bonds is 5. The summed E-state index contributed by atoms with van der Waals surface area (Å²) in [4.78, 5) is 29.0. The first-order valence-corrected chi connectivity index (χ1v) is 11.9. The van der Waals surface area contributed by atoms with Crippen molar-refractivity contribution < 1.29 is 9.53 Å². The van der Waals surface area contributed by atoms with E-state index in [1.54, 1.807) is 12.1 Å². The zero-order valence-corrected chi connectivity index (χ0v) is 20.2. The van der Waals surface area contributed by atoms with Gasteiger partial charge in [0.05, 0.1) is 23.9 Å². The fourth-order valence-corrected chi connectivity index (χ4v) is 4.72. The molecule has 2 heterocycles. The number of ether oxygens (including phenoxy) is 1. The fraction of sp³-hybridized carbons (Fsp3) is 0.179. The number of nitrogens with one attached hydrogen (secondary N) is 1. The van der Waals surface area contributed by atoms with Crippen molar-refractivity contribution in [2.75, 3.05) is 6.61 Å². The SMILES string of the molecule is CCOc1ccc([C@@H]2CC(c3c(-c4ccc(Cl)cc4)c4ccccc4[nH]c3=O)=NN2C(C)=O)cc1. The number of para-hydroxylation sites is 1. The maximum Gasteiger partial charge on any atom is 0.258 e. The molecule has 0 saturated heterocycles. The van der Waals surface area contributed by atoms with Gasteiger partial charge < -0.3 is 9.72 Å². The lowest BCUT2D eigenvalue weighted by atomic mass is 9.91. The molecule has 1 amide bonds. The van der Waals surface area contributed by atoms with Crippen molar-refractivity contribution in [3.8, 4) is 16.9 Å². The number of hydrazone groups is 1. The van der Waals surface area contributed by atoms with Gasteiger partial charge in [-0.05, 0) is 48.4 Å². The molecular weight excluding hydrogens is 462 g/mol. The Morgan fingerprint density at radius 3 is 2.46 bits per heavy atom. The number of carbonyl (C=O) groups is 1. The van der Waals surface area contributed by atoms with Crippen LogP contribution in [0.3, 0.4) is 0 Å². The fourth-order valence-electron chi connectivity index (χ4n) is 4.60. The highest BCUT2D eigenvalue weighted by molar-refractivity contribution is 6.30. The maximum absolute atomic E-state index is 13.4. The lowest BCUT2D eigenvalue weighted by Crippen LogP contribution is -2.24. The van der Waals surface area contributed by atoms with Crippen molar-refractivity contribution >= 4 is 34.1 Å². The van der Waals surface area contributed by atoms with Gasteiger partial charge in [0.2, 0.25) is 5.91 Å². The van der Waals surface area contributed by atoms with E-state index in [0.717, 1.165) is 33.3 Å². The number of hydrogen-bond acceptors (Lipinski definition) is 4. The number of nitrogens with zero attached hydrogens (tertiary/aromatic N) is 2. The van der Waals surface area contributed by atoms with Crippen LogP contribution in [0.25, 0.3) is 22.0 Å². The van der Waals surface area contributed by atoms with Gasteiger partial charge in [-0.3, -0.25) is 9.59 Å². The zero-order chi connectivity index (χ0) is 24.5. The molecular formula is C28H24ClN3O3. The molecule has 0 fully saturated rings. The molecule has 3 aromatic carbocycles. The molecule has 1 aliphatic rings. The van der Waals surface area contributed by atoms with Gasteiger partial charge in [0.1, 0.15) is 5.75 Å². The Labute approximate surface area is 207 Å². The molecule has 0 aliphatic carbocycles. The largest absolute Gasteiger partial charge is 0.494 e. The Hall–Kier alpha value is -3.90. The lowest BCUT2D eigenvalue weighted by molar-refractivity contribution is -0.130. The highest BCUT2D eigenvalue weighted by atomic mass is 35.5. The minimum absolute atomic E-state index is 0.191. The van der Waals surface area contributed by atoms with Gasteiger partial charge in [0.25, 0.3) is 5.56 Å². The van der Waals surface area contributed by atoms with Crippen LogP contribution in [0, 0.1) is 0 Å². The van der Waals surface area contributed by atoms with Crippen molar-refractivity contribution in [1.82, 2.24) is 9.99 Å². The molecule has 0 bridgehead atoms. The summed E-state index contributed by atoms with van der Waals surface area (Å²) in [5.41, 5.74) is 4.07. The molecule has 1 N–H and O–H groups in total. The van der Waals surface area contributed by atoms with Crippen LogP contribution in [0.5, 0.6) is 5.75 Å². The summed E-state index contributed by atoms with van der Waals surface area (Å²) in [6.07, 6.45) is 0.412. The first-order chi connectivity index (χ1) is 17.0. The van der Waals surface area contributed by atoms with Crippen LogP contribution < -0.4 is 10.3 Å². The van der Waals surface area contributed by atoms with Crippen LogP contribution in [0.15, 0.2) is 82.7 Å². The van der Waals surface area contributed by atoms with E-state index in [0.29, 0.717) is 29.3 Å². The van der Waals surface area contributed by atoms with Gasteiger partial charge in [-0.2, -0.15) is 5.10 Å². The average Bonchev–Trinajstić information content (AvgIpc) is 3.30. The second-order valence-electron chi connectivity index (χ2n) is 8.39. The van der Waals surface area contributed by atoms with E-state index in [2.05, 4.69) is 10.1 Å². The molecule has 35 heavy (non-hydrogen) atoms. The zero-order valence-electron chi connectivity index (χ0n) is 19.4. The first kappa shape index (κ1) is 22.9. The van der Waals surface area contributed by atoms with Gasteiger partial charge in [0.15, 0.2) is 0 Å². The first-order valence-electron chi connectivity index (χ1n) is 11.5. The molecule has 0 unspecified atom stereocenters. The van der Waals surface area contributed by atoms with Crippen molar-refractivity contribution in [3.05, 3.63) is 99.3 Å². The summed E-state index contributed by atoms with van der Waals surface area (Å²) in [5, 5.41) is 7.64. The van der Waals surface area contributed by atoms with E-state index in [1.165, 1.54) is 11.9 Å². The third-order valence-electron chi connectivity index (χ3n) is 6.15. The molecule has 4 aromatic rings. The topological polar surface area (TPSA) is 74.8 Å². The molecule has 5 rings (SSSR count). The third-order valence-corrected chi connectivity index (χ3v) is 6.40. The number of carbonyl (C=O) groups excluding carboxylic acids is 1. The van der Waals surface area contributed by atoms with Crippen molar-refractivity contribution in [3.63, 3.8) is 0 Å². The Morgan fingerprint density at radius 1 is 1.06 bits per heavy atom. The Bertz CT molecular complexity index is 1490. The second kappa shape index (κ2) is 9.39. The third kappa shape index (κ3) is 4.33. The standard InChI is InChI=1S/C28H24ClN3O3/c1-3-35-21-14-10-18(11-15-21)25-16-24(31-32(25)17(2)33)27-26(19-8-12-20(29)13-9-19)22-6-4-5-7-23(22)30-28(27)34/h4-15,25H,3,16H2,1-2H3,(H,30,34)/t25-/m0/s1. The summed E-state index contributed by atoms with van der Waals surface area (Å²) in [5.74, 6) is 0.574. The lowest BCUT2D eigenvalue weighted by Gasteiger charge is -2.20. The minimum atomic E-state index is -0.317. The molecule has 0 saturated carbocycles. The van der Waals surface area contributed by atoms with Crippen molar-refractivity contribution in [1.29, 1.82) is 0 Å². The highest BCUT2D eigenvalue weighted by Gasteiger charge is 2.34. The van der Waals surface area contributed by atoms with Crippen LogP contribution in [0.4, 0.5) is 0 Å². The van der Waals surface area contributed by atoms with E-state index in [1.807, 2.05) is 67.6 Å². The average molecular weight is 486 g/mol. The number of benzene rings is 3. The van der Waals surface area contributed by atoms with E-state index >= 15 is 0 Å². The Balaban J connectivity index is 1.66. The van der Waals surface area contributed by atoms with Gasteiger partial charge >= 0.3 is 0 Å². The molecule has 1 atom stereocenters. The number of aromatic amines is 1. The Kier molecular flexibility index (Phi) is 6.14. The number of amides is 1. The number of pyridine rings is 1. The van der Waals surface area contributed by atoms with Crippen LogP contribution in [-0.4, -0.2) is 28.2 Å². The molecule has 176 valence electrons.